The molecule has 1 saturated heterocycles. The van der Waals surface area contributed by atoms with Gasteiger partial charge in [0.2, 0.25) is 0 Å². The van der Waals surface area contributed by atoms with Gasteiger partial charge in [0.1, 0.15) is 0 Å². The van der Waals surface area contributed by atoms with Crippen LogP contribution in [0.5, 0.6) is 0 Å². The molecule has 1 aromatic heterocycles. The maximum absolute atomic E-state index is 6.00. The smallest absolute Gasteiger partial charge is 0.0951 e. The first kappa shape index (κ1) is 14.1. The summed E-state index contributed by atoms with van der Waals surface area (Å²) in [6.07, 6.45) is 1.82. The second-order valence-corrected chi connectivity index (χ2v) is 5.88. The monoisotopic (exact) mass is 285 g/mol. The molecule has 1 unspecified atom stereocenters. The van der Waals surface area contributed by atoms with Crippen LogP contribution in [0.1, 0.15) is 0 Å². The Bertz CT molecular complexity index is 627. The highest BCUT2D eigenvalue weighted by molar-refractivity contribution is 5.97. The van der Waals surface area contributed by atoms with Crippen LogP contribution in [0.2, 0.25) is 0 Å². The molecule has 3 N–H and O–H groups in total. The van der Waals surface area contributed by atoms with E-state index >= 15 is 0 Å². The fourth-order valence-electron chi connectivity index (χ4n) is 2.90. The van der Waals surface area contributed by atoms with E-state index in [0.717, 1.165) is 48.5 Å². The molecule has 0 aliphatic carbocycles. The molecule has 21 heavy (non-hydrogen) atoms. The maximum atomic E-state index is 6.00. The Morgan fingerprint density at radius 2 is 2.14 bits per heavy atom. The van der Waals surface area contributed by atoms with E-state index in [2.05, 4.69) is 40.3 Å². The summed E-state index contributed by atoms with van der Waals surface area (Å²) in [6, 6.07) is 8.48. The van der Waals surface area contributed by atoms with Crippen molar-refractivity contribution < 1.29 is 0 Å². The second kappa shape index (κ2) is 5.87. The third-order valence-electron chi connectivity index (χ3n) is 4.31. The van der Waals surface area contributed by atoms with E-state index in [1.54, 1.807) is 0 Å². The van der Waals surface area contributed by atoms with E-state index in [-0.39, 0.29) is 0 Å². The van der Waals surface area contributed by atoms with Crippen molar-refractivity contribution in [2.75, 3.05) is 51.3 Å². The van der Waals surface area contributed by atoms with Crippen LogP contribution in [-0.4, -0.2) is 61.1 Å². The van der Waals surface area contributed by atoms with Gasteiger partial charge in [0.15, 0.2) is 0 Å². The number of rotatable bonds is 3. The van der Waals surface area contributed by atoms with Crippen LogP contribution in [0.4, 0.5) is 11.4 Å². The van der Waals surface area contributed by atoms with Gasteiger partial charge in [-0.3, -0.25) is 9.88 Å². The van der Waals surface area contributed by atoms with Crippen molar-refractivity contribution in [3.63, 3.8) is 0 Å². The number of nitrogens with two attached hydrogens (primary N) is 1. The van der Waals surface area contributed by atoms with E-state index in [4.69, 9.17) is 5.73 Å². The molecule has 0 spiro atoms. The van der Waals surface area contributed by atoms with Crippen molar-refractivity contribution in [2.45, 2.75) is 6.04 Å². The normalized spacial score (nSPS) is 20.8. The summed E-state index contributed by atoms with van der Waals surface area (Å²) in [7, 11) is 4.38. The Hall–Kier alpha value is -1.85. The molecule has 0 saturated carbocycles. The number of nitrogen functional groups attached to an aromatic ring is 1. The minimum absolute atomic E-state index is 0.521. The summed E-state index contributed by atoms with van der Waals surface area (Å²) in [6.45, 7) is 4.28. The number of piperazine rings is 1. The molecule has 2 aromatic rings. The number of fused-ring (bicyclic) bond motifs is 1. The SMILES string of the molecule is CN1CCN(C)C(CNc2ccnc3c(N)cccc23)C1. The molecule has 1 aliphatic rings. The number of benzene rings is 1. The highest BCUT2D eigenvalue weighted by Crippen LogP contribution is 2.25. The van der Waals surface area contributed by atoms with Crippen molar-refractivity contribution >= 4 is 22.3 Å². The predicted molar refractivity (Wildman–Crippen MR) is 88.6 cm³/mol. The van der Waals surface area contributed by atoms with Gasteiger partial charge < -0.3 is 16.0 Å². The van der Waals surface area contributed by atoms with Gasteiger partial charge in [-0.1, -0.05) is 12.1 Å². The molecule has 0 amide bonds. The lowest BCUT2D eigenvalue weighted by Crippen LogP contribution is -2.52. The standard InChI is InChI=1S/C16H23N5/c1-20-8-9-21(2)12(11-20)10-19-15-6-7-18-16-13(15)4-3-5-14(16)17/h3-7,12H,8-11,17H2,1-2H3,(H,18,19). The van der Waals surface area contributed by atoms with Crippen molar-refractivity contribution in [3.8, 4) is 0 Å². The third-order valence-corrected chi connectivity index (χ3v) is 4.31. The Labute approximate surface area is 125 Å². The van der Waals surface area contributed by atoms with Crippen molar-refractivity contribution in [2.24, 2.45) is 0 Å². The van der Waals surface area contributed by atoms with Crippen molar-refractivity contribution in [1.82, 2.24) is 14.8 Å². The highest BCUT2D eigenvalue weighted by Gasteiger charge is 2.21. The summed E-state index contributed by atoms with van der Waals surface area (Å²) < 4.78 is 0. The Morgan fingerprint density at radius 3 is 3.00 bits per heavy atom. The number of aromatic nitrogens is 1. The molecule has 0 bridgehead atoms. The number of hydrogen-bond acceptors (Lipinski definition) is 5. The van der Waals surface area contributed by atoms with E-state index in [9.17, 15) is 0 Å². The quantitative estimate of drug-likeness (QED) is 0.837. The van der Waals surface area contributed by atoms with Gasteiger partial charge >= 0.3 is 0 Å². The van der Waals surface area contributed by atoms with Crippen LogP contribution < -0.4 is 11.1 Å². The molecule has 0 radical (unpaired) electrons. The van der Waals surface area contributed by atoms with Gasteiger partial charge in [0.05, 0.1) is 11.2 Å². The van der Waals surface area contributed by atoms with Crippen molar-refractivity contribution in [1.29, 1.82) is 0 Å². The van der Waals surface area contributed by atoms with Gasteiger partial charge in [-0.05, 0) is 26.2 Å². The zero-order valence-corrected chi connectivity index (χ0v) is 12.7. The molecule has 1 fully saturated rings. The fourth-order valence-corrected chi connectivity index (χ4v) is 2.90. The van der Waals surface area contributed by atoms with Crippen LogP contribution in [0, 0.1) is 0 Å². The van der Waals surface area contributed by atoms with Gasteiger partial charge in [-0.2, -0.15) is 0 Å². The minimum atomic E-state index is 0.521. The first-order valence-electron chi connectivity index (χ1n) is 7.41. The highest BCUT2D eigenvalue weighted by atomic mass is 15.3. The molecule has 2 heterocycles. The predicted octanol–water partition coefficient (Wildman–Crippen LogP) is 1.47. The van der Waals surface area contributed by atoms with E-state index in [1.807, 2.05) is 24.4 Å². The molecule has 3 rings (SSSR count). The molecular weight excluding hydrogens is 262 g/mol. The van der Waals surface area contributed by atoms with Crippen LogP contribution in [0.3, 0.4) is 0 Å². The molecular formula is C16H23N5. The number of nitrogens with zero attached hydrogens (tertiary/aromatic N) is 3. The third kappa shape index (κ3) is 2.94. The van der Waals surface area contributed by atoms with Gasteiger partial charge in [0, 0.05) is 49.5 Å². The van der Waals surface area contributed by atoms with Crippen LogP contribution >= 0.6 is 0 Å². The van der Waals surface area contributed by atoms with Crippen molar-refractivity contribution in [3.05, 3.63) is 30.5 Å². The summed E-state index contributed by atoms with van der Waals surface area (Å²) >= 11 is 0. The topological polar surface area (TPSA) is 57.4 Å². The Balaban J connectivity index is 1.78. The number of nitrogens with one attached hydrogen (secondary N) is 1. The first-order chi connectivity index (χ1) is 10.1. The number of likely N-dealkylation sites (N-methyl/N-ethyl adjacent to an activating group) is 2. The van der Waals surface area contributed by atoms with Crippen LogP contribution in [-0.2, 0) is 0 Å². The molecule has 112 valence electrons. The molecule has 5 nitrogen and oxygen atoms in total. The van der Waals surface area contributed by atoms with E-state index in [1.165, 1.54) is 0 Å². The number of anilines is 2. The zero-order valence-electron chi connectivity index (χ0n) is 12.7. The Kier molecular flexibility index (Phi) is 3.94. The van der Waals surface area contributed by atoms with E-state index < -0.39 is 0 Å². The largest absolute Gasteiger partial charge is 0.397 e. The fraction of sp³-hybridized carbons (Fsp3) is 0.438. The van der Waals surface area contributed by atoms with Gasteiger partial charge in [0.25, 0.3) is 0 Å². The average Bonchev–Trinajstić information content (AvgIpc) is 2.49. The zero-order chi connectivity index (χ0) is 14.8. The second-order valence-electron chi connectivity index (χ2n) is 5.88. The van der Waals surface area contributed by atoms with Crippen LogP contribution in [0.25, 0.3) is 10.9 Å². The van der Waals surface area contributed by atoms with Gasteiger partial charge in [-0.15, -0.1) is 0 Å². The summed E-state index contributed by atoms with van der Waals surface area (Å²) in [5, 5.41) is 4.66. The number of hydrogen-bond donors (Lipinski definition) is 2. The maximum Gasteiger partial charge on any atom is 0.0951 e. The van der Waals surface area contributed by atoms with E-state index in [0.29, 0.717) is 6.04 Å². The molecule has 5 heteroatoms. The lowest BCUT2D eigenvalue weighted by Gasteiger charge is -2.38. The molecule has 1 aliphatic heterocycles. The lowest BCUT2D eigenvalue weighted by atomic mass is 10.1. The van der Waals surface area contributed by atoms with Gasteiger partial charge in [-0.25, -0.2) is 0 Å². The van der Waals surface area contributed by atoms with Crippen LogP contribution in [0.15, 0.2) is 30.5 Å². The number of pyridine rings is 1. The summed E-state index contributed by atoms with van der Waals surface area (Å²) in [5.41, 5.74) is 8.70. The first-order valence-corrected chi connectivity index (χ1v) is 7.41. The minimum Gasteiger partial charge on any atom is -0.397 e. The summed E-state index contributed by atoms with van der Waals surface area (Å²) in [4.78, 5) is 9.18. The molecule has 1 aromatic carbocycles. The lowest BCUT2D eigenvalue weighted by molar-refractivity contribution is 0.122. The average molecular weight is 285 g/mol. The molecule has 1 atom stereocenters. The number of para-hydroxylation sites is 1. The Morgan fingerprint density at radius 1 is 1.29 bits per heavy atom. The summed E-state index contributed by atoms with van der Waals surface area (Å²) in [5.74, 6) is 0.